The van der Waals surface area contributed by atoms with E-state index in [2.05, 4.69) is 10.6 Å². The van der Waals surface area contributed by atoms with Crippen molar-refractivity contribution in [2.24, 2.45) is 11.3 Å². The highest BCUT2D eigenvalue weighted by molar-refractivity contribution is 7.89. The second-order valence-corrected chi connectivity index (χ2v) is 8.15. The normalized spacial score (nSPS) is 24.2. The third-order valence-corrected chi connectivity index (χ3v) is 6.89. The van der Waals surface area contributed by atoms with Gasteiger partial charge < -0.3 is 10.6 Å². The number of carbonyl (C=O) groups is 1. The molecule has 1 aliphatic heterocycles. The van der Waals surface area contributed by atoms with Crippen molar-refractivity contribution < 1.29 is 13.2 Å². The van der Waals surface area contributed by atoms with Crippen LogP contribution in [0.1, 0.15) is 33.1 Å². The Hall–Kier alpha value is -0.660. The highest BCUT2D eigenvalue weighted by atomic mass is 32.2. The van der Waals surface area contributed by atoms with Crippen LogP contribution in [0.15, 0.2) is 0 Å². The zero-order chi connectivity index (χ0) is 15.5. The summed E-state index contributed by atoms with van der Waals surface area (Å²) in [6.45, 7) is 6.79. The Balaban J connectivity index is 1.75. The maximum atomic E-state index is 12.1. The van der Waals surface area contributed by atoms with Crippen LogP contribution in [0.5, 0.6) is 0 Å². The van der Waals surface area contributed by atoms with Crippen molar-refractivity contribution in [1.82, 2.24) is 14.9 Å². The smallest absolute Gasteiger partial charge is 0.223 e. The van der Waals surface area contributed by atoms with Gasteiger partial charge in [0.2, 0.25) is 15.9 Å². The van der Waals surface area contributed by atoms with Gasteiger partial charge in [-0.05, 0) is 37.8 Å². The predicted molar refractivity (Wildman–Crippen MR) is 82.4 cm³/mol. The minimum Gasteiger partial charge on any atom is -0.355 e. The standard InChI is InChI=1S/C14H27N3O3S/c1-3-17(4-2)21(19,20)10-9-16-13(18)12-11-14(12)5-7-15-8-6-14/h12,15H,3-11H2,1-2H3,(H,16,18). The average molecular weight is 317 g/mol. The summed E-state index contributed by atoms with van der Waals surface area (Å²) in [6, 6.07) is 0. The van der Waals surface area contributed by atoms with Crippen molar-refractivity contribution in [3.8, 4) is 0 Å². The molecular formula is C14H27N3O3S. The van der Waals surface area contributed by atoms with E-state index in [1.807, 2.05) is 13.8 Å². The van der Waals surface area contributed by atoms with Gasteiger partial charge in [0, 0.05) is 25.6 Å². The highest BCUT2D eigenvalue weighted by Gasteiger charge is 2.57. The first-order chi connectivity index (χ1) is 9.95. The minimum absolute atomic E-state index is 0.0122. The van der Waals surface area contributed by atoms with Crippen molar-refractivity contribution in [1.29, 1.82) is 0 Å². The van der Waals surface area contributed by atoms with Crippen molar-refractivity contribution in [3.05, 3.63) is 0 Å². The largest absolute Gasteiger partial charge is 0.355 e. The number of sulfonamides is 1. The molecule has 0 aromatic rings. The molecule has 1 atom stereocenters. The van der Waals surface area contributed by atoms with E-state index in [1.165, 1.54) is 4.31 Å². The van der Waals surface area contributed by atoms with Gasteiger partial charge in [0.05, 0.1) is 5.75 Å². The van der Waals surface area contributed by atoms with E-state index in [1.54, 1.807) is 0 Å². The number of nitrogens with zero attached hydrogens (tertiary/aromatic N) is 1. The first-order valence-electron chi connectivity index (χ1n) is 7.91. The van der Waals surface area contributed by atoms with Gasteiger partial charge in [-0.2, -0.15) is 0 Å². The summed E-state index contributed by atoms with van der Waals surface area (Å²) in [6.07, 6.45) is 3.08. The molecule has 0 radical (unpaired) electrons. The summed E-state index contributed by atoms with van der Waals surface area (Å²) in [5, 5.41) is 6.12. The molecule has 2 N–H and O–H groups in total. The fourth-order valence-corrected chi connectivity index (χ4v) is 4.77. The van der Waals surface area contributed by atoms with Gasteiger partial charge in [-0.3, -0.25) is 4.79 Å². The van der Waals surface area contributed by atoms with E-state index in [4.69, 9.17) is 0 Å². The summed E-state index contributed by atoms with van der Waals surface area (Å²) in [5.41, 5.74) is 0.201. The fourth-order valence-electron chi connectivity index (χ4n) is 3.37. The molecule has 1 spiro atoms. The molecule has 122 valence electrons. The first-order valence-corrected chi connectivity index (χ1v) is 9.52. The molecule has 6 nitrogen and oxygen atoms in total. The lowest BCUT2D eigenvalue weighted by Gasteiger charge is -2.23. The molecule has 21 heavy (non-hydrogen) atoms. The molecule has 2 rings (SSSR count). The van der Waals surface area contributed by atoms with E-state index in [0.29, 0.717) is 13.1 Å². The van der Waals surface area contributed by atoms with Crippen LogP contribution in [0.2, 0.25) is 0 Å². The van der Waals surface area contributed by atoms with Crippen molar-refractivity contribution in [2.75, 3.05) is 38.5 Å². The van der Waals surface area contributed by atoms with Crippen LogP contribution in [0, 0.1) is 11.3 Å². The number of piperidine rings is 1. The molecule has 1 amide bonds. The summed E-state index contributed by atoms with van der Waals surface area (Å²) in [4.78, 5) is 12.1. The number of hydrogen-bond donors (Lipinski definition) is 2. The molecule has 0 aromatic heterocycles. The summed E-state index contributed by atoms with van der Waals surface area (Å²) in [5.74, 6) is 0.115. The van der Waals surface area contributed by atoms with E-state index < -0.39 is 10.0 Å². The van der Waals surface area contributed by atoms with Crippen LogP contribution in [0.25, 0.3) is 0 Å². The second kappa shape index (κ2) is 6.62. The lowest BCUT2D eigenvalue weighted by Crippen LogP contribution is -2.39. The van der Waals surface area contributed by atoms with E-state index in [-0.39, 0.29) is 29.5 Å². The topological polar surface area (TPSA) is 78.5 Å². The van der Waals surface area contributed by atoms with Gasteiger partial charge >= 0.3 is 0 Å². The molecule has 1 saturated heterocycles. The van der Waals surface area contributed by atoms with Crippen LogP contribution in [-0.2, 0) is 14.8 Å². The van der Waals surface area contributed by atoms with E-state index in [9.17, 15) is 13.2 Å². The summed E-state index contributed by atoms with van der Waals surface area (Å²) < 4.78 is 25.5. The highest BCUT2D eigenvalue weighted by Crippen LogP contribution is 2.58. The second-order valence-electron chi connectivity index (χ2n) is 6.06. The third-order valence-electron chi connectivity index (χ3n) is 4.86. The predicted octanol–water partition coefficient (Wildman–Crippen LogP) is 0.164. The number of amides is 1. The fraction of sp³-hybridized carbons (Fsp3) is 0.929. The number of hydrogen-bond acceptors (Lipinski definition) is 4. The third kappa shape index (κ3) is 3.76. The lowest BCUT2D eigenvalue weighted by atomic mass is 9.92. The Morgan fingerprint density at radius 3 is 2.48 bits per heavy atom. The van der Waals surface area contributed by atoms with E-state index in [0.717, 1.165) is 32.4 Å². The van der Waals surface area contributed by atoms with Crippen LogP contribution < -0.4 is 10.6 Å². The van der Waals surface area contributed by atoms with Crippen molar-refractivity contribution >= 4 is 15.9 Å². The Morgan fingerprint density at radius 1 is 1.29 bits per heavy atom. The molecule has 2 fully saturated rings. The lowest BCUT2D eigenvalue weighted by molar-refractivity contribution is -0.123. The molecule has 7 heteroatoms. The first kappa shape index (κ1) is 16.7. The molecule has 1 aliphatic carbocycles. The minimum atomic E-state index is -3.25. The average Bonchev–Trinajstić information content (AvgIpc) is 3.14. The molecular weight excluding hydrogens is 290 g/mol. The van der Waals surface area contributed by atoms with Crippen molar-refractivity contribution in [3.63, 3.8) is 0 Å². The molecule has 0 bridgehead atoms. The maximum Gasteiger partial charge on any atom is 0.223 e. The number of rotatable bonds is 7. The van der Waals surface area contributed by atoms with Crippen LogP contribution in [0.3, 0.4) is 0 Å². The Morgan fingerprint density at radius 2 is 1.90 bits per heavy atom. The number of nitrogens with one attached hydrogen (secondary N) is 2. The Labute approximate surface area is 127 Å². The molecule has 1 heterocycles. The van der Waals surface area contributed by atoms with Crippen LogP contribution in [-0.4, -0.2) is 57.1 Å². The van der Waals surface area contributed by atoms with Gasteiger partial charge in [0.25, 0.3) is 0 Å². The molecule has 1 saturated carbocycles. The molecule has 2 aliphatic rings. The zero-order valence-electron chi connectivity index (χ0n) is 13.0. The zero-order valence-corrected chi connectivity index (χ0v) is 13.8. The molecule has 0 aromatic carbocycles. The molecule has 1 unspecified atom stereocenters. The quantitative estimate of drug-likeness (QED) is 0.701. The van der Waals surface area contributed by atoms with Gasteiger partial charge in [-0.15, -0.1) is 0 Å². The van der Waals surface area contributed by atoms with Crippen LogP contribution >= 0.6 is 0 Å². The maximum absolute atomic E-state index is 12.1. The summed E-state index contributed by atoms with van der Waals surface area (Å²) in [7, 11) is -3.25. The van der Waals surface area contributed by atoms with Gasteiger partial charge in [-0.25, -0.2) is 12.7 Å². The monoisotopic (exact) mass is 317 g/mol. The van der Waals surface area contributed by atoms with E-state index >= 15 is 0 Å². The number of carbonyl (C=O) groups excluding carboxylic acids is 1. The summed E-state index contributed by atoms with van der Waals surface area (Å²) >= 11 is 0. The van der Waals surface area contributed by atoms with Gasteiger partial charge in [0.15, 0.2) is 0 Å². The van der Waals surface area contributed by atoms with Crippen LogP contribution in [0.4, 0.5) is 0 Å². The Kier molecular flexibility index (Phi) is 5.27. The Bertz CT molecular complexity index is 468. The SMILES string of the molecule is CCN(CC)S(=O)(=O)CCNC(=O)C1CC12CCNCC2. The van der Waals surface area contributed by atoms with Crippen molar-refractivity contribution in [2.45, 2.75) is 33.1 Å². The van der Waals surface area contributed by atoms with Gasteiger partial charge in [-0.1, -0.05) is 13.8 Å². The van der Waals surface area contributed by atoms with Gasteiger partial charge in [0.1, 0.15) is 0 Å².